The maximum Gasteiger partial charge on any atom is 0.119 e. The molecule has 1 unspecified atom stereocenters. The first-order chi connectivity index (χ1) is 9.83. The van der Waals surface area contributed by atoms with Crippen LogP contribution in [0.15, 0.2) is 29.4 Å². The van der Waals surface area contributed by atoms with E-state index >= 15 is 0 Å². The summed E-state index contributed by atoms with van der Waals surface area (Å²) in [4.78, 5) is 0. The molecule has 0 amide bonds. The fraction of sp³-hybridized carbons (Fsp3) is 0.562. The van der Waals surface area contributed by atoms with Crippen LogP contribution < -0.4 is 4.74 Å². The Bertz CT molecular complexity index is 422. The molecule has 0 spiro atoms. The third-order valence-electron chi connectivity index (χ3n) is 3.61. The van der Waals surface area contributed by atoms with Gasteiger partial charge in [0, 0.05) is 6.61 Å². The van der Waals surface area contributed by atoms with Gasteiger partial charge in [0.2, 0.25) is 0 Å². The van der Waals surface area contributed by atoms with E-state index in [1.54, 1.807) is 0 Å². The van der Waals surface area contributed by atoms with Crippen LogP contribution in [0, 0.1) is 0 Å². The molecule has 4 nitrogen and oxygen atoms in total. The lowest BCUT2D eigenvalue weighted by atomic mass is 10.1. The number of ether oxygens (including phenoxy) is 2. The van der Waals surface area contributed by atoms with E-state index in [0.29, 0.717) is 24.8 Å². The van der Waals surface area contributed by atoms with E-state index in [1.165, 1.54) is 12.8 Å². The molecule has 1 aliphatic rings. The van der Waals surface area contributed by atoms with E-state index in [1.807, 2.05) is 31.2 Å². The van der Waals surface area contributed by atoms with E-state index in [9.17, 15) is 0 Å². The molecular formula is C16H23NO3. The second-order valence-electron chi connectivity index (χ2n) is 5.05. The van der Waals surface area contributed by atoms with Crippen molar-refractivity contribution in [2.75, 3.05) is 13.2 Å². The van der Waals surface area contributed by atoms with Crippen molar-refractivity contribution >= 4 is 5.71 Å². The Morgan fingerprint density at radius 1 is 1.40 bits per heavy atom. The lowest BCUT2D eigenvalue weighted by Crippen LogP contribution is -2.07. The molecule has 1 heterocycles. The third kappa shape index (κ3) is 4.23. The summed E-state index contributed by atoms with van der Waals surface area (Å²) in [6.45, 7) is 3.59. The van der Waals surface area contributed by atoms with E-state index in [0.717, 1.165) is 30.8 Å². The molecule has 1 atom stereocenters. The Balaban J connectivity index is 1.73. The topological polar surface area (TPSA) is 51.1 Å². The van der Waals surface area contributed by atoms with E-state index in [4.69, 9.17) is 14.7 Å². The van der Waals surface area contributed by atoms with Crippen LogP contribution in [0.2, 0.25) is 0 Å². The van der Waals surface area contributed by atoms with Crippen molar-refractivity contribution in [2.24, 2.45) is 5.16 Å². The predicted molar refractivity (Wildman–Crippen MR) is 78.8 cm³/mol. The Kier molecular flexibility index (Phi) is 5.87. The fourth-order valence-corrected chi connectivity index (χ4v) is 2.45. The summed E-state index contributed by atoms with van der Waals surface area (Å²) in [7, 11) is 0. The van der Waals surface area contributed by atoms with Gasteiger partial charge in [0.25, 0.3) is 0 Å². The number of benzene rings is 1. The van der Waals surface area contributed by atoms with Gasteiger partial charge in [0.15, 0.2) is 0 Å². The molecule has 1 saturated heterocycles. The maximum absolute atomic E-state index is 8.87. The minimum atomic E-state index is 0.439. The third-order valence-corrected chi connectivity index (χ3v) is 3.61. The molecule has 0 bridgehead atoms. The molecule has 1 N–H and O–H groups in total. The van der Waals surface area contributed by atoms with Crippen LogP contribution in [0.25, 0.3) is 0 Å². The van der Waals surface area contributed by atoms with Crippen LogP contribution in [0.1, 0.15) is 44.6 Å². The lowest BCUT2D eigenvalue weighted by molar-refractivity contribution is 0.0981. The van der Waals surface area contributed by atoms with Crippen molar-refractivity contribution in [3.05, 3.63) is 29.8 Å². The van der Waals surface area contributed by atoms with Crippen LogP contribution >= 0.6 is 0 Å². The summed E-state index contributed by atoms with van der Waals surface area (Å²) in [5.74, 6) is 0.856. The maximum atomic E-state index is 8.87. The highest BCUT2D eigenvalue weighted by Crippen LogP contribution is 2.18. The highest BCUT2D eigenvalue weighted by Gasteiger charge is 2.14. The van der Waals surface area contributed by atoms with Crippen LogP contribution in [0.4, 0.5) is 0 Å². The highest BCUT2D eigenvalue weighted by molar-refractivity contribution is 6.00. The average molecular weight is 277 g/mol. The molecule has 110 valence electrons. The number of hydrogen-bond donors (Lipinski definition) is 1. The van der Waals surface area contributed by atoms with Gasteiger partial charge in [-0.1, -0.05) is 12.1 Å². The largest absolute Gasteiger partial charge is 0.494 e. The average Bonchev–Trinajstić information content (AvgIpc) is 3.00. The van der Waals surface area contributed by atoms with Gasteiger partial charge < -0.3 is 14.7 Å². The Labute approximate surface area is 120 Å². The van der Waals surface area contributed by atoms with Gasteiger partial charge in [0.05, 0.1) is 18.4 Å². The Morgan fingerprint density at radius 3 is 2.80 bits per heavy atom. The predicted octanol–water partition coefficient (Wildman–Crippen LogP) is 3.61. The second-order valence-corrected chi connectivity index (χ2v) is 5.05. The Morgan fingerprint density at radius 2 is 2.20 bits per heavy atom. The summed E-state index contributed by atoms with van der Waals surface area (Å²) in [6.07, 6.45) is 5.63. The molecule has 0 aromatic heterocycles. The van der Waals surface area contributed by atoms with Gasteiger partial charge in [-0.15, -0.1) is 0 Å². The molecule has 1 fully saturated rings. The molecule has 0 aliphatic carbocycles. The summed E-state index contributed by atoms with van der Waals surface area (Å²) in [6, 6.07) is 7.69. The van der Waals surface area contributed by atoms with Crippen molar-refractivity contribution < 1.29 is 14.7 Å². The van der Waals surface area contributed by atoms with E-state index < -0.39 is 0 Å². The van der Waals surface area contributed by atoms with Crippen LogP contribution in [-0.2, 0) is 4.74 Å². The molecule has 1 aliphatic heterocycles. The quantitative estimate of drug-likeness (QED) is 0.358. The monoisotopic (exact) mass is 277 g/mol. The van der Waals surface area contributed by atoms with Gasteiger partial charge in [-0.05, 0) is 61.9 Å². The van der Waals surface area contributed by atoms with Crippen LogP contribution in [0.3, 0.4) is 0 Å². The lowest BCUT2D eigenvalue weighted by Gasteiger charge is -2.10. The van der Waals surface area contributed by atoms with Crippen molar-refractivity contribution in [1.29, 1.82) is 0 Å². The molecule has 1 aromatic rings. The van der Waals surface area contributed by atoms with Crippen molar-refractivity contribution in [2.45, 2.75) is 45.1 Å². The molecule has 0 radical (unpaired) electrons. The second kappa shape index (κ2) is 7.90. The van der Waals surface area contributed by atoms with Crippen molar-refractivity contribution in [3.8, 4) is 5.75 Å². The van der Waals surface area contributed by atoms with Crippen LogP contribution in [0.5, 0.6) is 5.75 Å². The highest BCUT2D eigenvalue weighted by atomic mass is 16.5. The summed E-state index contributed by atoms with van der Waals surface area (Å²) < 4.78 is 11.3. The normalized spacial score (nSPS) is 19.2. The Hall–Kier alpha value is -1.55. The number of hydrogen-bond acceptors (Lipinski definition) is 4. The molecule has 2 rings (SSSR count). The first-order valence-electron chi connectivity index (χ1n) is 7.39. The molecule has 20 heavy (non-hydrogen) atoms. The smallest absolute Gasteiger partial charge is 0.119 e. The van der Waals surface area contributed by atoms with Crippen molar-refractivity contribution in [3.63, 3.8) is 0 Å². The summed E-state index contributed by atoms with van der Waals surface area (Å²) in [5, 5.41) is 12.2. The number of oxime groups is 1. The van der Waals surface area contributed by atoms with Gasteiger partial charge in [-0.2, -0.15) is 0 Å². The first-order valence-corrected chi connectivity index (χ1v) is 7.39. The van der Waals surface area contributed by atoms with Gasteiger partial charge in [-0.25, -0.2) is 0 Å². The fourth-order valence-electron chi connectivity index (χ4n) is 2.45. The molecule has 0 saturated carbocycles. The number of rotatable bonds is 7. The zero-order valence-electron chi connectivity index (χ0n) is 12.0. The van der Waals surface area contributed by atoms with Crippen molar-refractivity contribution in [1.82, 2.24) is 0 Å². The number of nitrogens with zero attached hydrogens (tertiary/aromatic N) is 1. The minimum Gasteiger partial charge on any atom is -0.494 e. The summed E-state index contributed by atoms with van der Waals surface area (Å²) in [5.41, 5.74) is 1.62. The molecular weight excluding hydrogens is 254 g/mol. The zero-order chi connectivity index (χ0) is 14.2. The van der Waals surface area contributed by atoms with E-state index in [2.05, 4.69) is 5.16 Å². The van der Waals surface area contributed by atoms with Gasteiger partial charge in [-0.3, -0.25) is 0 Å². The minimum absolute atomic E-state index is 0.439. The van der Waals surface area contributed by atoms with E-state index in [-0.39, 0.29) is 0 Å². The van der Waals surface area contributed by atoms with Gasteiger partial charge >= 0.3 is 0 Å². The standard InChI is InChI=1S/C16H23NO3/c1-2-16(17-18)13-7-9-15(10-8-13)20-12-4-6-14-5-3-11-19-14/h7-10,14,18H,2-6,11-12H2,1H3. The summed E-state index contributed by atoms with van der Waals surface area (Å²) >= 11 is 0. The zero-order valence-corrected chi connectivity index (χ0v) is 12.0. The van der Waals surface area contributed by atoms with Crippen LogP contribution in [-0.4, -0.2) is 30.2 Å². The SMILES string of the molecule is CCC(=NO)c1ccc(OCCCC2CCCO2)cc1. The molecule has 1 aromatic carbocycles. The first kappa shape index (κ1) is 14.9. The molecule has 4 heteroatoms. The van der Waals surface area contributed by atoms with Gasteiger partial charge in [0.1, 0.15) is 5.75 Å².